The molecule has 0 saturated carbocycles. The number of nitrogens with zero attached hydrogens (tertiary/aromatic N) is 1. The van der Waals surface area contributed by atoms with Crippen LogP contribution in [0.1, 0.15) is 5.56 Å². The number of nitrogens with one attached hydrogen (secondary N) is 2. The maximum absolute atomic E-state index is 13.5. The van der Waals surface area contributed by atoms with Crippen LogP contribution in [0.15, 0.2) is 42.5 Å². The highest BCUT2D eigenvalue weighted by atomic mass is 19.1. The van der Waals surface area contributed by atoms with Crippen LogP contribution >= 0.6 is 0 Å². The van der Waals surface area contributed by atoms with Crippen LogP contribution in [0.5, 0.6) is 0 Å². The number of benzene rings is 2. The van der Waals surface area contributed by atoms with Crippen molar-refractivity contribution in [2.24, 2.45) is 0 Å². The first-order valence-corrected chi connectivity index (χ1v) is 7.63. The zero-order valence-electron chi connectivity index (χ0n) is 14.0. The molecule has 5 nitrogen and oxygen atoms in total. The van der Waals surface area contributed by atoms with E-state index in [4.69, 9.17) is 0 Å². The van der Waals surface area contributed by atoms with Gasteiger partial charge in [0.1, 0.15) is 11.6 Å². The van der Waals surface area contributed by atoms with Gasteiger partial charge < -0.3 is 10.6 Å². The monoisotopic (exact) mass is 347 g/mol. The van der Waals surface area contributed by atoms with Crippen LogP contribution in [0.25, 0.3) is 0 Å². The van der Waals surface area contributed by atoms with E-state index in [2.05, 4.69) is 10.6 Å². The van der Waals surface area contributed by atoms with Crippen LogP contribution in [0, 0.1) is 18.6 Å². The maximum Gasteiger partial charge on any atom is 0.238 e. The van der Waals surface area contributed by atoms with Gasteiger partial charge in [-0.25, -0.2) is 8.78 Å². The minimum atomic E-state index is -0.727. The van der Waals surface area contributed by atoms with Gasteiger partial charge in [0.2, 0.25) is 11.8 Å². The Morgan fingerprint density at radius 2 is 1.56 bits per heavy atom. The number of anilines is 2. The van der Waals surface area contributed by atoms with Gasteiger partial charge in [-0.15, -0.1) is 0 Å². The molecular weight excluding hydrogens is 328 g/mol. The van der Waals surface area contributed by atoms with Crippen LogP contribution in [-0.2, 0) is 9.59 Å². The van der Waals surface area contributed by atoms with E-state index in [0.29, 0.717) is 5.69 Å². The third-order valence-electron chi connectivity index (χ3n) is 3.36. The lowest BCUT2D eigenvalue weighted by Gasteiger charge is -2.16. The predicted molar refractivity (Wildman–Crippen MR) is 92.3 cm³/mol. The van der Waals surface area contributed by atoms with Gasteiger partial charge >= 0.3 is 0 Å². The van der Waals surface area contributed by atoms with Gasteiger partial charge in [-0.05, 0) is 38.2 Å². The summed E-state index contributed by atoms with van der Waals surface area (Å²) in [7, 11) is 1.58. The minimum absolute atomic E-state index is 0.0209. The van der Waals surface area contributed by atoms with Crippen LogP contribution in [0.3, 0.4) is 0 Å². The molecule has 25 heavy (non-hydrogen) atoms. The fraction of sp³-hybridized carbons (Fsp3) is 0.222. The van der Waals surface area contributed by atoms with E-state index in [1.807, 2.05) is 19.1 Å². The standard InChI is InChI=1S/C18H19F2N3O2/c1-12-3-6-14(7-4-12)21-17(24)10-23(2)11-18(25)22-16-9-13(19)5-8-15(16)20/h3-9H,10-11H2,1-2H3,(H,21,24)(H,22,25). The number of carbonyl (C=O) groups is 2. The van der Waals surface area contributed by atoms with Crippen LogP contribution in [-0.4, -0.2) is 36.9 Å². The Balaban J connectivity index is 1.83. The normalized spacial score (nSPS) is 10.6. The molecule has 2 N–H and O–H groups in total. The average molecular weight is 347 g/mol. The molecule has 0 aliphatic rings. The minimum Gasteiger partial charge on any atom is -0.325 e. The van der Waals surface area contributed by atoms with Gasteiger partial charge in [0, 0.05) is 11.8 Å². The summed E-state index contributed by atoms with van der Waals surface area (Å²) >= 11 is 0. The molecule has 7 heteroatoms. The molecule has 0 spiro atoms. The molecule has 0 heterocycles. The van der Waals surface area contributed by atoms with Crippen molar-refractivity contribution in [2.75, 3.05) is 30.8 Å². The molecule has 0 bridgehead atoms. The number of carbonyl (C=O) groups excluding carboxylic acids is 2. The molecule has 0 aliphatic carbocycles. The van der Waals surface area contributed by atoms with Gasteiger partial charge in [0.25, 0.3) is 0 Å². The molecular formula is C18H19F2N3O2. The van der Waals surface area contributed by atoms with E-state index in [1.54, 1.807) is 19.2 Å². The Kier molecular flexibility index (Phi) is 6.19. The quantitative estimate of drug-likeness (QED) is 0.845. The Morgan fingerprint density at radius 1 is 0.960 bits per heavy atom. The summed E-state index contributed by atoms with van der Waals surface area (Å²) in [6.45, 7) is 1.78. The van der Waals surface area contributed by atoms with Crippen molar-refractivity contribution in [3.63, 3.8) is 0 Å². The molecule has 0 unspecified atom stereocenters. The van der Waals surface area contributed by atoms with Gasteiger partial charge in [0.05, 0.1) is 18.8 Å². The Labute approximate surface area is 144 Å². The van der Waals surface area contributed by atoms with Crippen molar-refractivity contribution in [1.29, 1.82) is 0 Å². The number of halogens is 2. The maximum atomic E-state index is 13.5. The lowest BCUT2D eigenvalue weighted by atomic mass is 10.2. The first-order chi connectivity index (χ1) is 11.8. The van der Waals surface area contributed by atoms with Gasteiger partial charge in [0.15, 0.2) is 0 Å². The van der Waals surface area contributed by atoms with Crippen molar-refractivity contribution in [3.8, 4) is 0 Å². The zero-order valence-corrected chi connectivity index (χ0v) is 14.0. The zero-order chi connectivity index (χ0) is 18.4. The highest BCUT2D eigenvalue weighted by Gasteiger charge is 2.13. The summed E-state index contributed by atoms with van der Waals surface area (Å²) in [6, 6.07) is 10.1. The van der Waals surface area contributed by atoms with E-state index in [-0.39, 0.29) is 24.7 Å². The van der Waals surface area contributed by atoms with E-state index in [0.717, 1.165) is 23.8 Å². The second kappa shape index (κ2) is 8.34. The number of hydrogen-bond acceptors (Lipinski definition) is 3. The molecule has 2 aromatic carbocycles. The van der Waals surface area contributed by atoms with Crippen molar-refractivity contribution >= 4 is 23.2 Å². The third-order valence-corrected chi connectivity index (χ3v) is 3.36. The largest absolute Gasteiger partial charge is 0.325 e. The average Bonchev–Trinajstić information content (AvgIpc) is 2.52. The Bertz CT molecular complexity index is 763. The predicted octanol–water partition coefficient (Wildman–Crippen LogP) is 2.78. The van der Waals surface area contributed by atoms with Crippen molar-refractivity contribution < 1.29 is 18.4 Å². The number of hydrogen-bond donors (Lipinski definition) is 2. The van der Waals surface area contributed by atoms with Crippen LogP contribution in [0.2, 0.25) is 0 Å². The molecule has 0 radical (unpaired) electrons. The second-order valence-electron chi connectivity index (χ2n) is 5.76. The van der Waals surface area contributed by atoms with E-state index < -0.39 is 17.5 Å². The summed E-state index contributed by atoms with van der Waals surface area (Å²) < 4.78 is 26.6. The molecule has 0 fully saturated rings. The summed E-state index contributed by atoms with van der Waals surface area (Å²) in [5.74, 6) is -2.21. The summed E-state index contributed by atoms with van der Waals surface area (Å²) in [4.78, 5) is 25.3. The smallest absolute Gasteiger partial charge is 0.238 e. The SMILES string of the molecule is Cc1ccc(NC(=O)CN(C)CC(=O)Nc2cc(F)ccc2F)cc1. The Morgan fingerprint density at radius 3 is 2.20 bits per heavy atom. The number of likely N-dealkylation sites (N-methyl/N-ethyl adjacent to an activating group) is 1. The van der Waals surface area contributed by atoms with E-state index in [9.17, 15) is 18.4 Å². The second-order valence-corrected chi connectivity index (χ2v) is 5.76. The first kappa shape index (κ1) is 18.5. The molecule has 2 aromatic rings. The summed E-state index contributed by atoms with van der Waals surface area (Å²) in [5.41, 5.74) is 1.51. The fourth-order valence-electron chi connectivity index (χ4n) is 2.17. The number of aryl methyl sites for hydroxylation is 1. The van der Waals surface area contributed by atoms with Crippen molar-refractivity contribution in [3.05, 3.63) is 59.7 Å². The lowest BCUT2D eigenvalue weighted by Crippen LogP contribution is -2.36. The van der Waals surface area contributed by atoms with E-state index in [1.165, 1.54) is 4.90 Å². The molecule has 0 saturated heterocycles. The molecule has 2 amide bonds. The Hall–Kier alpha value is -2.80. The van der Waals surface area contributed by atoms with Crippen LogP contribution < -0.4 is 10.6 Å². The highest BCUT2D eigenvalue weighted by molar-refractivity contribution is 5.94. The van der Waals surface area contributed by atoms with E-state index >= 15 is 0 Å². The lowest BCUT2D eigenvalue weighted by molar-refractivity contribution is -0.119. The van der Waals surface area contributed by atoms with Gasteiger partial charge in [-0.1, -0.05) is 17.7 Å². The van der Waals surface area contributed by atoms with Gasteiger partial charge in [-0.3, -0.25) is 14.5 Å². The molecule has 0 atom stereocenters. The van der Waals surface area contributed by atoms with Crippen LogP contribution in [0.4, 0.5) is 20.2 Å². The third kappa shape index (κ3) is 5.96. The molecule has 132 valence electrons. The van der Waals surface area contributed by atoms with Crippen molar-refractivity contribution in [2.45, 2.75) is 6.92 Å². The first-order valence-electron chi connectivity index (χ1n) is 7.63. The molecule has 2 rings (SSSR count). The van der Waals surface area contributed by atoms with Gasteiger partial charge in [-0.2, -0.15) is 0 Å². The molecule has 0 aromatic heterocycles. The number of rotatable bonds is 6. The number of amides is 2. The fourth-order valence-corrected chi connectivity index (χ4v) is 2.17. The highest BCUT2D eigenvalue weighted by Crippen LogP contribution is 2.15. The topological polar surface area (TPSA) is 61.4 Å². The van der Waals surface area contributed by atoms with Crippen molar-refractivity contribution in [1.82, 2.24) is 4.90 Å². The summed E-state index contributed by atoms with van der Waals surface area (Å²) in [5, 5.41) is 5.00. The summed E-state index contributed by atoms with van der Waals surface area (Å²) in [6.07, 6.45) is 0. The molecule has 0 aliphatic heterocycles.